The Labute approximate surface area is 156 Å². The number of hydrogen-bond acceptors (Lipinski definition) is 4. The molecule has 1 aliphatic heterocycles. The molecular formula is C19H19F2NO4S. The minimum absolute atomic E-state index is 0.0209. The van der Waals surface area contributed by atoms with Crippen molar-refractivity contribution < 1.29 is 26.7 Å². The van der Waals surface area contributed by atoms with Crippen LogP contribution in [0.3, 0.4) is 0 Å². The number of rotatable bonds is 6. The van der Waals surface area contributed by atoms with Crippen molar-refractivity contribution in [2.75, 3.05) is 18.1 Å². The predicted octanol–water partition coefficient (Wildman–Crippen LogP) is 2.56. The maximum Gasteiger partial charge on any atom is 0.261 e. The molecule has 1 heterocycles. The van der Waals surface area contributed by atoms with Crippen LogP contribution in [-0.4, -0.2) is 43.4 Å². The maximum atomic E-state index is 14.0. The second-order valence-electron chi connectivity index (χ2n) is 6.39. The molecule has 2 aromatic carbocycles. The molecule has 2 aromatic rings. The topological polar surface area (TPSA) is 63.7 Å². The Bertz CT molecular complexity index is 933. The quantitative estimate of drug-likeness (QED) is 0.754. The van der Waals surface area contributed by atoms with Crippen molar-refractivity contribution in [1.29, 1.82) is 0 Å². The summed E-state index contributed by atoms with van der Waals surface area (Å²) < 4.78 is 56.6. The lowest BCUT2D eigenvalue weighted by Gasteiger charge is -2.28. The molecule has 1 amide bonds. The summed E-state index contributed by atoms with van der Waals surface area (Å²) >= 11 is 0. The van der Waals surface area contributed by atoms with Gasteiger partial charge in [0.2, 0.25) is 0 Å². The first-order valence-corrected chi connectivity index (χ1v) is 10.3. The summed E-state index contributed by atoms with van der Waals surface area (Å²) in [7, 11) is -3.24. The second-order valence-corrected chi connectivity index (χ2v) is 8.62. The van der Waals surface area contributed by atoms with Crippen LogP contribution in [0.4, 0.5) is 8.78 Å². The molecule has 5 nitrogen and oxygen atoms in total. The van der Waals surface area contributed by atoms with Gasteiger partial charge in [-0.3, -0.25) is 4.79 Å². The Morgan fingerprint density at radius 1 is 1.07 bits per heavy atom. The van der Waals surface area contributed by atoms with Crippen LogP contribution in [0.25, 0.3) is 0 Å². The molecule has 1 aliphatic rings. The van der Waals surface area contributed by atoms with E-state index in [0.29, 0.717) is 0 Å². The first kappa shape index (κ1) is 19.3. The third-order valence-corrected chi connectivity index (χ3v) is 6.21. The van der Waals surface area contributed by atoms with Crippen LogP contribution in [0.1, 0.15) is 12.0 Å². The zero-order valence-corrected chi connectivity index (χ0v) is 15.3. The number of halogens is 2. The lowest BCUT2D eigenvalue weighted by atomic mass is 10.1. The highest BCUT2D eigenvalue weighted by Gasteiger charge is 2.35. The fraction of sp³-hybridized carbons (Fsp3) is 0.316. The zero-order chi connectivity index (χ0) is 19.4. The number of carbonyl (C=O) groups excluding carboxylic acids is 1. The maximum absolute atomic E-state index is 14.0. The van der Waals surface area contributed by atoms with Crippen molar-refractivity contribution in [3.8, 4) is 5.75 Å². The third kappa shape index (κ3) is 4.82. The summed E-state index contributed by atoms with van der Waals surface area (Å²) in [6, 6.07) is 11.1. The molecule has 0 aliphatic carbocycles. The third-order valence-electron chi connectivity index (χ3n) is 4.46. The van der Waals surface area contributed by atoms with E-state index in [1.165, 1.54) is 41.3 Å². The van der Waals surface area contributed by atoms with Crippen molar-refractivity contribution >= 4 is 15.7 Å². The monoisotopic (exact) mass is 395 g/mol. The highest BCUT2D eigenvalue weighted by Crippen LogP contribution is 2.22. The van der Waals surface area contributed by atoms with E-state index in [9.17, 15) is 22.0 Å². The van der Waals surface area contributed by atoms with Gasteiger partial charge in [0.05, 0.1) is 11.5 Å². The molecule has 144 valence electrons. The molecule has 0 radical (unpaired) electrons. The average Bonchev–Trinajstić information content (AvgIpc) is 2.99. The van der Waals surface area contributed by atoms with Gasteiger partial charge in [0, 0.05) is 18.2 Å². The van der Waals surface area contributed by atoms with Gasteiger partial charge in [-0.25, -0.2) is 17.2 Å². The molecule has 1 atom stereocenters. The van der Waals surface area contributed by atoms with Crippen LogP contribution < -0.4 is 4.74 Å². The summed E-state index contributed by atoms with van der Waals surface area (Å²) in [6.45, 7) is -0.543. The van der Waals surface area contributed by atoms with E-state index in [1.807, 2.05) is 0 Å². The molecule has 1 saturated heterocycles. The highest BCUT2D eigenvalue weighted by molar-refractivity contribution is 7.91. The van der Waals surface area contributed by atoms with Crippen LogP contribution >= 0.6 is 0 Å². The molecule has 0 spiro atoms. The number of carbonyl (C=O) groups is 1. The smallest absolute Gasteiger partial charge is 0.261 e. The van der Waals surface area contributed by atoms with Gasteiger partial charge >= 0.3 is 0 Å². The molecule has 0 bridgehead atoms. The van der Waals surface area contributed by atoms with Gasteiger partial charge in [0.1, 0.15) is 5.82 Å². The standard InChI is InChI=1S/C19H19F2NO4S/c20-16-6-2-1-5-14(16)11-22(15-9-10-27(24,25)13-15)19(23)12-26-18-8-4-3-7-17(18)21/h1-8,15H,9-13H2. The van der Waals surface area contributed by atoms with Crippen LogP contribution in [0.2, 0.25) is 0 Å². The van der Waals surface area contributed by atoms with E-state index in [2.05, 4.69) is 0 Å². The number of benzene rings is 2. The van der Waals surface area contributed by atoms with Gasteiger partial charge < -0.3 is 9.64 Å². The van der Waals surface area contributed by atoms with Crippen molar-refractivity contribution in [1.82, 2.24) is 4.90 Å². The summed E-state index contributed by atoms with van der Waals surface area (Å²) in [6.07, 6.45) is 0.280. The van der Waals surface area contributed by atoms with Crippen molar-refractivity contribution in [3.63, 3.8) is 0 Å². The van der Waals surface area contributed by atoms with Crippen molar-refractivity contribution in [2.24, 2.45) is 0 Å². The Morgan fingerprint density at radius 3 is 2.37 bits per heavy atom. The summed E-state index contributed by atoms with van der Waals surface area (Å²) in [5.41, 5.74) is 0.279. The lowest BCUT2D eigenvalue weighted by molar-refractivity contribution is -0.136. The van der Waals surface area contributed by atoms with E-state index >= 15 is 0 Å². The number of nitrogens with zero attached hydrogens (tertiary/aromatic N) is 1. The number of sulfone groups is 1. The SMILES string of the molecule is O=C(COc1ccccc1F)N(Cc1ccccc1F)C1CCS(=O)(=O)C1. The number of para-hydroxylation sites is 1. The van der Waals surface area contributed by atoms with Gasteiger partial charge in [-0.1, -0.05) is 30.3 Å². The molecular weight excluding hydrogens is 376 g/mol. The summed E-state index contributed by atoms with van der Waals surface area (Å²) in [5, 5.41) is 0. The molecule has 8 heteroatoms. The molecule has 27 heavy (non-hydrogen) atoms. The van der Waals surface area contributed by atoms with E-state index in [-0.39, 0.29) is 35.8 Å². The second kappa shape index (κ2) is 8.04. The average molecular weight is 395 g/mol. The minimum atomic E-state index is -3.24. The van der Waals surface area contributed by atoms with Crippen LogP contribution in [0, 0.1) is 11.6 Å². The van der Waals surface area contributed by atoms with Gasteiger partial charge in [0.25, 0.3) is 5.91 Å². The van der Waals surface area contributed by atoms with E-state index in [0.717, 1.165) is 0 Å². The summed E-state index contributed by atoms with van der Waals surface area (Å²) in [5.74, 6) is -1.88. The van der Waals surface area contributed by atoms with Crippen LogP contribution in [0.5, 0.6) is 5.75 Å². The Kier molecular flexibility index (Phi) is 5.74. The Balaban J connectivity index is 1.77. The normalized spacial score (nSPS) is 18.2. The van der Waals surface area contributed by atoms with Gasteiger partial charge in [-0.15, -0.1) is 0 Å². The zero-order valence-electron chi connectivity index (χ0n) is 14.5. The molecule has 3 rings (SSSR count). The van der Waals surface area contributed by atoms with Gasteiger partial charge in [-0.05, 0) is 24.6 Å². The molecule has 1 fully saturated rings. The number of amides is 1. The fourth-order valence-corrected chi connectivity index (χ4v) is 4.77. The molecule has 0 N–H and O–H groups in total. The minimum Gasteiger partial charge on any atom is -0.481 e. The lowest BCUT2D eigenvalue weighted by Crippen LogP contribution is -2.43. The first-order chi connectivity index (χ1) is 12.9. The predicted molar refractivity (Wildman–Crippen MR) is 95.9 cm³/mol. The van der Waals surface area contributed by atoms with Crippen molar-refractivity contribution in [3.05, 3.63) is 65.7 Å². The molecule has 0 saturated carbocycles. The first-order valence-electron chi connectivity index (χ1n) is 8.46. The Morgan fingerprint density at radius 2 is 1.74 bits per heavy atom. The van der Waals surface area contributed by atoms with Crippen molar-refractivity contribution in [2.45, 2.75) is 19.0 Å². The Hall–Kier alpha value is -2.48. The highest BCUT2D eigenvalue weighted by atomic mass is 32.2. The fourth-order valence-electron chi connectivity index (χ4n) is 3.04. The van der Waals surface area contributed by atoms with Crippen LogP contribution in [0.15, 0.2) is 48.5 Å². The number of ether oxygens (including phenoxy) is 1. The van der Waals surface area contributed by atoms with Gasteiger partial charge in [0.15, 0.2) is 28.0 Å². The van der Waals surface area contributed by atoms with E-state index < -0.39 is 40.0 Å². The molecule has 1 unspecified atom stereocenters. The van der Waals surface area contributed by atoms with E-state index in [1.54, 1.807) is 12.1 Å². The van der Waals surface area contributed by atoms with E-state index in [4.69, 9.17) is 4.74 Å². The van der Waals surface area contributed by atoms with Crippen LogP contribution in [-0.2, 0) is 21.2 Å². The number of hydrogen-bond donors (Lipinski definition) is 0. The van der Waals surface area contributed by atoms with Gasteiger partial charge in [-0.2, -0.15) is 0 Å². The summed E-state index contributed by atoms with van der Waals surface area (Å²) in [4.78, 5) is 14.0. The molecule has 0 aromatic heterocycles. The largest absolute Gasteiger partial charge is 0.481 e.